The Morgan fingerprint density at radius 2 is 1.67 bits per heavy atom. The van der Waals surface area contributed by atoms with Crippen molar-refractivity contribution in [3.05, 3.63) is 64.7 Å². The molecule has 8 nitrogen and oxygen atoms in total. The fraction of sp³-hybridized carbons (Fsp3) is 0.417. The zero-order chi connectivity index (χ0) is 25.0. The molecule has 2 atom stereocenters. The third-order valence-corrected chi connectivity index (χ3v) is 5.50. The number of esters is 2. The van der Waals surface area contributed by atoms with E-state index in [9.17, 15) is 18.0 Å². The Labute approximate surface area is 195 Å². The van der Waals surface area contributed by atoms with Crippen LogP contribution in [0.1, 0.15) is 60.8 Å². The van der Waals surface area contributed by atoms with Gasteiger partial charge in [-0.25, -0.2) is 4.79 Å². The van der Waals surface area contributed by atoms with Gasteiger partial charge in [0.25, 0.3) is 10.1 Å². The summed E-state index contributed by atoms with van der Waals surface area (Å²) in [5.41, 5.74) is 8.04. The molecule has 2 aromatic rings. The molecule has 0 spiro atoms. The smallest absolute Gasteiger partial charge is 0.343 e. The minimum Gasteiger partial charge on any atom is -0.461 e. The van der Waals surface area contributed by atoms with E-state index in [0.29, 0.717) is 16.7 Å². The highest BCUT2D eigenvalue weighted by Crippen LogP contribution is 2.35. The van der Waals surface area contributed by atoms with Crippen LogP contribution in [0, 0.1) is 12.3 Å². The van der Waals surface area contributed by atoms with Gasteiger partial charge in [-0.2, -0.15) is 8.42 Å². The number of rotatable bonds is 8. The molecule has 0 saturated heterocycles. The average molecular weight is 478 g/mol. The standard InChI is InChI=1S/C24H31NO7S/c1-15-7-9-17(10-8-15)23(27)31-20-12-11-18(13-19(20)14-30-16(2)26)21(32-33(6,28)29)22(25)24(3,4)5/h7-13,21-22H,14,25H2,1-6H3. The average Bonchev–Trinajstić information content (AvgIpc) is 2.69. The SMILES string of the molecule is CC(=O)OCc1cc(C(OS(C)(=O)=O)C(N)C(C)(C)C)ccc1OC(=O)c1ccc(C)cc1. The Kier molecular flexibility index (Phi) is 8.40. The van der Waals surface area contributed by atoms with Crippen LogP contribution in [0.2, 0.25) is 0 Å². The van der Waals surface area contributed by atoms with Crippen molar-refractivity contribution in [3.63, 3.8) is 0 Å². The molecule has 0 aliphatic rings. The maximum atomic E-state index is 12.6. The van der Waals surface area contributed by atoms with E-state index in [1.807, 2.05) is 27.7 Å². The van der Waals surface area contributed by atoms with E-state index in [4.69, 9.17) is 19.4 Å². The lowest BCUT2D eigenvalue weighted by Crippen LogP contribution is -2.42. The molecule has 0 bridgehead atoms. The molecular formula is C24H31NO7S. The molecule has 33 heavy (non-hydrogen) atoms. The first-order valence-corrected chi connectivity index (χ1v) is 12.2. The van der Waals surface area contributed by atoms with Gasteiger partial charge in [0.05, 0.1) is 11.8 Å². The van der Waals surface area contributed by atoms with E-state index < -0.39 is 39.6 Å². The highest BCUT2D eigenvalue weighted by molar-refractivity contribution is 7.86. The van der Waals surface area contributed by atoms with Gasteiger partial charge in [0, 0.05) is 18.5 Å². The van der Waals surface area contributed by atoms with E-state index in [1.54, 1.807) is 36.4 Å². The summed E-state index contributed by atoms with van der Waals surface area (Å²) < 4.78 is 39.8. The molecule has 2 N–H and O–H groups in total. The number of carbonyl (C=O) groups is 2. The molecule has 0 heterocycles. The van der Waals surface area contributed by atoms with E-state index in [-0.39, 0.29) is 12.4 Å². The fourth-order valence-electron chi connectivity index (χ4n) is 2.98. The number of nitrogens with two attached hydrogens (primary N) is 1. The quantitative estimate of drug-likeness (QED) is 0.347. The predicted molar refractivity (Wildman–Crippen MR) is 124 cm³/mol. The maximum absolute atomic E-state index is 12.6. The first-order valence-electron chi connectivity index (χ1n) is 10.4. The first-order chi connectivity index (χ1) is 15.2. The van der Waals surface area contributed by atoms with Crippen LogP contribution in [0.25, 0.3) is 0 Å². The lowest BCUT2D eigenvalue weighted by molar-refractivity contribution is -0.142. The molecule has 0 radical (unpaired) electrons. The Bertz CT molecular complexity index is 1100. The van der Waals surface area contributed by atoms with E-state index in [1.165, 1.54) is 13.0 Å². The van der Waals surface area contributed by atoms with Gasteiger partial charge in [-0.3, -0.25) is 8.98 Å². The number of hydrogen-bond donors (Lipinski definition) is 1. The minimum atomic E-state index is -3.83. The summed E-state index contributed by atoms with van der Waals surface area (Å²) in [5.74, 6) is -0.929. The molecule has 180 valence electrons. The summed E-state index contributed by atoms with van der Waals surface area (Å²) in [6.07, 6.45) is -0.0507. The molecule has 0 fully saturated rings. The van der Waals surface area contributed by atoms with Gasteiger partial charge in [0.1, 0.15) is 18.5 Å². The number of hydrogen-bond acceptors (Lipinski definition) is 8. The second kappa shape index (κ2) is 10.5. The minimum absolute atomic E-state index is 0.174. The van der Waals surface area contributed by atoms with Crippen molar-refractivity contribution in [1.82, 2.24) is 0 Å². The van der Waals surface area contributed by atoms with Crippen LogP contribution in [0.3, 0.4) is 0 Å². The molecule has 0 aliphatic carbocycles. The van der Waals surface area contributed by atoms with Crippen LogP contribution < -0.4 is 10.5 Å². The molecule has 0 aromatic heterocycles. The first kappa shape index (κ1) is 26.5. The van der Waals surface area contributed by atoms with Gasteiger partial charge < -0.3 is 15.2 Å². The van der Waals surface area contributed by atoms with Crippen molar-refractivity contribution in [2.45, 2.75) is 53.4 Å². The molecule has 9 heteroatoms. The molecule has 0 saturated carbocycles. The molecule has 2 unspecified atom stereocenters. The van der Waals surface area contributed by atoms with Crippen LogP contribution in [0.5, 0.6) is 5.75 Å². The topological polar surface area (TPSA) is 122 Å². The lowest BCUT2D eigenvalue weighted by atomic mass is 9.81. The Hall–Kier alpha value is -2.75. The van der Waals surface area contributed by atoms with Crippen LogP contribution >= 0.6 is 0 Å². The number of carbonyl (C=O) groups excluding carboxylic acids is 2. The largest absolute Gasteiger partial charge is 0.461 e. The van der Waals surface area contributed by atoms with Crippen LogP contribution in [-0.2, 0) is 30.4 Å². The van der Waals surface area contributed by atoms with Gasteiger partial charge in [0.15, 0.2) is 0 Å². The molecule has 2 aromatic carbocycles. The zero-order valence-corrected chi connectivity index (χ0v) is 20.6. The summed E-state index contributed by atoms with van der Waals surface area (Å²) >= 11 is 0. The second-order valence-electron chi connectivity index (χ2n) is 9.02. The van der Waals surface area contributed by atoms with Crippen LogP contribution in [-0.4, -0.2) is 32.7 Å². The van der Waals surface area contributed by atoms with Gasteiger partial charge in [-0.05, 0) is 42.2 Å². The van der Waals surface area contributed by atoms with Gasteiger partial charge in [-0.15, -0.1) is 0 Å². The lowest BCUT2D eigenvalue weighted by Gasteiger charge is -2.33. The Balaban J connectivity index is 2.47. The van der Waals surface area contributed by atoms with Crippen LogP contribution in [0.15, 0.2) is 42.5 Å². The van der Waals surface area contributed by atoms with E-state index >= 15 is 0 Å². The fourth-order valence-corrected chi connectivity index (χ4v) is 3.59. The van der Waals surface area contributed by atoms with Crippen LogP contribution in [0.4, 0.5) is 0 Å². The maximum Gasteiger partial charge on any atom is 0.343 e. The number of aryl methyl sites for hydroxylation is 1. The van der Waals surface area contributed by atoms with E-state index in [0.717, 1.165) is 11.8 Å². The number of ether oxygens (including phenoxy) is 2. The zero-order valence-electron chi connectivity index (χ0n) is 19.7. The molecule has 0 aliphatic heterocycles. The summed E-state index contributed by atoms with van der Waals surface area (Å²) in [6.45, 7) is 8.58. The van der Waals surface area contributed by atoms with E-state index in [2.05, 4.69) is 0 Å². The molecular weight excluding hydrogens is 446 g/mol. The Morgan fingerprint density at radius 3 is 2.18 bits per heavy atom. The predicted octanol–water partition coefficient (Wildman–Crippen LogP) is 3.67. The highest BCUT2D eigenvalue weighted by atomic mass is 32.2. The van der Waals surface area contributed by atoms with Crippen molar-refractivity contribution >= 4 is 22.1 Å². The van der Waals surface area contributed by atoms with Crippen molar-refractivity contribution < 1.29 is 31.7 Å². The van der Waals surface area contributed by atoms with Crippen molar-refractivity contribution in [2.24, 2.45) is 11.1 Å². The van der Waals surface area contributed by atoms with Crippen molar-refractivity contribution in [1.29, 1.82) is 0 Å². The van der Waals surface area contributed by atoms with Gasteiger partial charge in [-0.1, -0.05) is 44.5 Å². The summed E-state index contributed by atoms with van der Waals surface area (Å²) in [4.78, 5) is 24.0. The Morgan fingerprint density at radius 1 is 1.06 bits per heavy atom. The second-order valence-corrected chi connectivity index (χ2v) is 10.6. The monoisotopic (exact) mass is 477 g/mol. The number of benzene rings is 2. The third-order valence-electron chi connectivity index (χ3n) is 4.94. The van der Waals surface area contributed by atoms with Gasteiger partial charge in [0.2, 0.25) is 0 Å². The summed E-state index contributed by atoms with van der Waals surface area (Å²) in [5, 5.41) is 0. The van der Waals surface area contributed by atoms with Crippen molar-refractivity contribution in [3.8, 4) is 5.75 Å². The third kappa shape index (κ3) is 7.96. The van der Waals surface area contributed by atoms with Crippen molar-refractivity contribution in [2.75, 3.05) is 6.26 Å². The normalized spacial score (nSPS) is 13.8. The van der Waals surface area contributed by atoms with Gasteiger partial charge >= 0.3 is 11.9 Å². The highest BCUT2D eigenvalue weighted by Gasteiger charge is 2.34. The summed E-state index contributed by atoms with van der Waals surface area (Å²) in [6, 6.07) is 10.9. The summed E-state index contributed by atoms with van der Waals surface area (Å²) in [7, 11) is -3.83. The molecule has 2 rings (SSSR count). The molecule has 0 amide bonds.